The number of Topliss-reactive ketones (excluding diaryl/α,β-unsaturated/α-hetero) is 1. The maximum atomic E-state index is 13.9. The van der Waals surface area contributed by atoms with Crippen LogP contribution in [0.4, 0.5) is 14.5 Å². The minimum Gasteiger partial charge on any atom is -0.426 e. The lowest BCUT2D eigenvalue weighted by molar-refractivity contribution is -0.126. The molecule has 2 atom stereocenters. The van der Waals surface area contributed by atoms with Crippen molar-refractivity contribution in [2.24, 2.45) is 5.92 Å². The van der Waals surface area contributed by atoms with Gasteiger partial charge in [-0.05, 0) is 30.9 Å². The maximum absolute atomic E-state index is 13.9. The average molecular weight is 382 g/mol. The lowest BCUT2D eigenvalue weighted by Crippen LogP contribution is -2.53. The van der Waals surface area contributed by atoms with Crippen molar-refractivity contribution in [2.75, 3.05) is 11.4 Å². The molecule has 0 aromatic heterocycles. The first-order chi connectivity index (χ1) is 12.7. The number of ketones is 1. The second-order valence-electron chi connectivity index (χ2n) is 7.28. The van der Waals surface area contributed by atoms with E-state index < -0.39 is 36.6 Å². The van der Waals surface area contributed by atoms with E-state index >= 15 is 0 Å². The van der Waals surface area contributed by atoms with Gasteiger partial charge in [0.05, 0.1) is 17.7 Å². The maximum Gasteiger partial charge on any atom is 0.475 e. The number of rotatable bonds is 9. The Labute approximate surface area is 157 Å². The summed E-state index contributed by atoms with van der Waals surface area (Å²) < 4.78 is 27.2. The Morgan fingerprint density at radius 1 is 1.30 bits per heavy atom. The number of nitrogens with zero attached hydrogens (tertiary/aromatic N) is 1. The first-order valence-corrected chi connectivity index (χ1v) is 9.09. The average Bonchev–Trinajstić information content (AvgIpc) is 2.54. The van der Waals surface area contributed by atoms with Crippen molar-refractivity contribution in [2.45, 2.75) is 51.5 Å². The Morgan fingerprint density at radius 2 is 2.00 bits per heavy atom. The highest BCUT2D eigenvalue weighted by molar-refractivity contribution is 6.43. The number of carbonyl (C=O) groups is 2. The molecule has 2 unspecified atom stereocenters. The van der Waals surface area contributed by atoms with Crippen LogP contribution in [-0.2, 0) is 9.59 Å². The number of carbonyl (C=O) groups excluding carboxylic acids is 2. The molecule has 0 bridgehead atoms. The van der Waals surface area contributed by atoms with Crippen LogP contribution in [0.5, 0.6) is 0 Å². The Kier molecular flexibility index (Phi) is 7.32. The molecule has 1 aliphatic heterocycles. The van der Waals surface area contributed by atoms with Crippen LogP contribution in [0.2, 0.25) is 0 Å². The molecule has 3 N–H and O–H groups in total. The number of hydrogen-bond donors (Lipinski definition) is 3. The molecule has 1 aliphatic rings. The molecule has 1 amide bonds. The fraction of sp³-hybridized carbons (Fsp3) is 0.556. The summed E-state index contributed by atoms with van der Waals surface area (Å²) in [7, 11) is -1.68. The van der Waals surface area contributed by atoms with Crippen LogP contribution in [0.25, 0.3) is 0 Å². The van der Waals surface area contributed by atoms with Crippen LogP contribution in [0.15, 0.2) is 18.2 Å². The SMILES string of the molecule is CC(C)CC(NC(=O)CCC(=O)C1CCN1c1cc(F)ccc1F)B(O)O. The summed E-state index contributed by atoms with van der Waals surface area (Å²) in [5.41, 5.74) is 0.0458. The molecule has 0 aliphatic carbocycles. The number of halogens is 2. The van der Waals surface area contributed by atoms with Crippen LogP contribution in [0, 0.1) is 17.6 Å². The Balaban J connectivity index is 1.88. The van der Waals surface area contributed by atoms with Crippen LogP contribution in [-0.4, -0.2) is 47.4 Å². The molecule has 1 saturated heterocycles. The standard InChI is InChI=1S/C18H25BF2N2O4/c1-11(2)9-17(19(26)27)22-18(25)6-5-16(24)14-7-8-23(14)15-10-12(20)3-4-13(15)21/h3-4,10-11,14,17,26-27H,5-9H2,1-2H3,(H,22,25). The third-order valence-corrected chi connectivity index (χ3v) is 4.64. The summed E-state index contributed by atoms with van der Waals surface area (Å²) in [5, 5.41) is 21.2. The van der Waals surface area contributed by atoms with Gasteiger partial charge in [-0.25, -0.2) is 8.78 Å². The second kappa shape index (κ2) is 9.28. The van der Waals surface area contributed by atoms with Crippen LogP contribution in [0.1, 0.15) is 39.5 Å². The highest BCUT2D eigenvalue weighted by atomic mass is 19.1. The number of anilines is 1. The van der Waals surface area contributed by atoms with E-state index in [1.54, 1.807) is 0 Å². The number of hydrogen-bond acceptors (Lipinski definition) is 5. The highest BCUT2D eigenvalue weighted by Crippen LogP contribution is 2.30. The van der Waals surface area contributed by atoms with Crippen molar-refractivity contribution in [3.63, 3.8) is 0 Å². The van der Waals surface area contributed by atoms with Crippen molar-refractivity contribution in [1.29, 1.82) is 0 Å². The molecule has 1 fully saturated rings. The summed E-state index contributed by atoms with van der Waals surface area (Å²) in [6.45, 7) is 4.22. The normalized spacial score (nSPS) is 17.4. The molecule has 27 heavy (non-hydrogen) atoms. The summed E-state index contributed by atoms with van der Waals surface area (Å²) in [4.78, 5) is 25.9. The van der Waals surface area contributed by atoms with E-state index in [1.807, 2.05) is 13.8 Å². The van der Waals surface area contributed by atoms with Gasteiger partial charge in [0.15, 0.2) is 5.78 Å². The van der Waals surface area contributed by atoms with Crippen molar-refractivity contribution in [3.8, 4) is 0 Å². The van der Waals surface area contributed by atoms with Crippen LogP contribution in [0.3, 0.4) is 0 Å². The van der Waals surface area contributed by atoms with Gasteiger partial charge in [-0.1, -0.05) is 13.8 Å². The largest absolute Gasteiger partial charge is 0.475 e. The van der Waals surface area contributed by atoms with Gasteiger partial charge in [-0.15, -0.1) is 0 Å². The van der Waals surface area contributed by atoms with E-state index in [0.717, 1.165) is 18.2 Å². The van der Waals surface area contributed by atoms with Gasteiger partial charge in [-0.3, -0.25) is 9.59 Å². The molecule has 0 radical (unpaired) electrons. The fourth-order valence-electron chi connectivity index (χ4n) is 3.16. The second-order valence-corrected chi connectivity index (χ2v) is 7.28. The third kappa shape index (κ3) is 5.74. The van der Waals surface area contributed by atoms with Gasteiger partial charge in [0.2, 0.25) is 5.91 Å². The third-order valence-electron chi connectivity index (χ3n) is 4.64. The molecule has 0 spiro atoms. The predicted molar refractivity (Wildman–Crippen MR) is 97.9 cm³/mol. The first-order valence-electron chi connectivity index (χ1n) is 9.09. The monoisotopic (exact) mass is 382 g/mol. The summed E-state index contributed by atoms with van der Waals surface area (Å²) in [6, 6.07) is 2.51. The summed E-state index contributed by atoms with van der Waals surface area (Å²) >= 11 is 0. The molecular weight excluding hydrogens is 357 g/mol. The molecule has 1 aromatic carbocycles. The Bertz CT molecular complexity index is 687. The zero-order valence-electron chi connectivity index (χ0n) is 15.5. The Hall–Kier alpha value is -2.00. The Morgan fingerprint density at radius 3 is 2.56 bits per heavy atom. The lowest BCUT2D eigenvalue weighted by atomic mass is 9.75. The van der Waals surface area contributed by atoms with E-state index in [9.17, 15) is 28.4 Å². The summed E-state index contributed by atoms with van der Waals surface area (Å²) in [6.07, 6.45) is 0.754. The molecule has 2 rings (SSSR count). The highest BCUT2D eigenvalue weighted by Gasteiger charge is 2.35. The molecule has 0 saturated carbocycles. The van der Waals surface area contributed by atoms with E-state index in [1.165, 1.54) is 4.90 Å². The molecule has 6 nitrogen and oxygen atoms in total. The summed E-state index contributed by atoms with van der Waals surface area (Å²) in [5.74, 6) is -2.50. The lowest BCUT2D eigenvalue weighted by Gasteiger charge is -2.42. The van der Waals surface area contributed by atoms with Crippen molar-refractivity contribution >= 4 is 24.5 Å². The minimum absolute atomic E-state index is 0.0458. The van der Waals surface area contributed by atoms with Gasteiger partial charge < -0.3 is 20.3 Å². The van der Waals surface area contributed by atoms with E-state index in [-0.39, 0.29) is 30.2 Å². The van der Waals surface area contributed by atoms with E-state index in [0.29, 0.717) is 19.4 Å². The van der Waals surface area contributed by atoms with Gasteiger partial charge in [0, 0.05) is 25.5 Å². The van der Waals surface area contributed by atoms with E-state index in [2.05, 4.69) is 5.32 Å². The van der Waals surface area contributed by atoms with Crippen molar-refractivity contribution < 1.29 is 28.4 Å². The van der Waals surface area contributed by atoms with Crippen molar-refractivity contribution in [3.05, 3.63) is 29.8 Å². The predicted octanol–water partition coefficient (Wildman–Crippen LogP) is 1.44. The topological polar surface area (TPSA) is 89.9 Å². The van der Waals surface area contributed by atoms with Gasteiger partial charge >= 0.3 is 7.12 Å². The van der Waals surface area contributed by atoms with Gasteiger partial charge in [-0.2, -0.15) is 0 Å². The number of nitrogens with one attached hydrogen (secondary N) is 1. The number of amides is 1. The molecule has 1 heterocycles. The first kappa shape index (κ1) is 21.3. The van der Waals surface area contributed by atoms with E-state index in [4.69, 9.17) is 0 Å². The van der Waals surface area contributed by atoms with Crippen LogP contribution >= 0.6 is 0 Å². The van der Waals surface area contributed by atoms with Crippen LogP contribution < -0.4 is 10.2 Å². The molecular formula is C18H25BF2N2O4. The van der Waals surface area contributed by atoms with Crippen molar-refractivity contribution in [1.82, 2.24) is 5.32 Å². The zero-order valence-corrected chi connectivity index (χ0v) is 15.5. The fourth-order valence-corrected chi connectivity index (χ4v) is 3.16. The minimum atomic E-state index is -1.68. The quantitative estimate of drug-likeness (QED) is 0.563. The number of benzene rings is 1. The molecule has 148 valence electrons. The molecule has 1 aromatic rings. The molecule has 9 heteroatoms. The smallest absolute Gasteiger partial charge is 0.426 e. The van der Waals surface area contributed by atoms with Gasteiger partial charge in [0.25, 0.3) is 0 Å². The zero-order chi connectivity index (χ0) is 20.1. The van der Waals surface area contributed by atoms with Gasteiger partial charge in [0.1, 0.15) is 11.6 Å².